The van der Waals surface area contributed by atoms with Gasteiger partial charge in [0.2, 0.25) is 0 Å². The molecule has 0 aromatic carbocycles. The summed E-state index contributed by atoms with van der Waals surface area (Å²) in [5.41, 5.74) is 1.25. The van der Waals surface area contributed by atoms with Crippen LogP contribution in [0.25, 0.3) is 0 Å². The smallest absolute Gasteiger partial charge is 0.147 e. The topological polar surface area (TPSA) is 41.1 Å². The van der Waals surface area contributed by atoms with E-state index in [9.17, 15) is 0 Å². The van der Waals surface area contributed by atoms with Crippen LogP contribution in [0.3, 0.4) is 0 Å². The summed E-state index contributed by atoms with van der Waals surface area (Å²) >= 11 is 0. The molecule has 0 radical (unpaired) electrons. The highest BCUT2D eigenvalue weighted by atomic mass is 15.2. The molecule has 1 aromatic heterocycles. The summed E-state index contributed by atoms with van der Waals surface area (Å²) in [6.45, 7) is 9.79. The monoisotopic (exact) mass is 262 g/mol. The van der Waals surface area contributed by atoms with Gasteiger partial charge < -0.3 is 10.2 Å². The third kappa shape index (κ3) is 3.90. The number of rotatable bonds is 5. The summed E-state index contributed by atoms with van der Waals surface area (Å²) in [5.74, 6) is 0.942. The summed E-state index contributed by atoms with van der Waals surface area (Å²) in [7, 11) is 2.09. The van der Waals surface area contributed by atoms with Crippen molar-refractivity contribution in [2.24, 2.45) is 5.41 Å². The fourth-order valence-corrected chi connectivity index (χ4v) is 1.94. The highest BCUT2D eigenvalue weighted by molar-refractivity contribution is 5.36. The van der Waals surface area contributed by atoms with Crippen molar-refractivity contribution in [3.63, 3.8) is 0 Å². The summed E-state index contributed by atoms with van der Waals surface area (Å²) in [4.78, 5) is 11.2. The summed E-state index contributed by atoms with van der Waals surface area (Å²) in [5, 5.41) is 3.45. The Morgan fingerprint density at radius 1 is 1.32 bits per heavy atom. The lowest BCUT2D eigenvalue weighted by Crippen LogP contribution is -2.39. The maximum atomic E-state index is 4.53. The van der Waals surface area contributed by atoms with Gasteiger partial charge in [0.05, 0.1) is 18.1 Å². The van der Waals surface area contributed by atoms with Gasteiger partial charge in [-0.15, -0.1) is 0 Å². The second kappa shape index (κ2) is 5.45. The van der Waals surface area contributed by atoms with E-state index in [1.54, 1.807) is 0 Å². The molecule has 0 spiro atoms. The second-order valence-corrected chi connectivity index (χ2v) is 6.67. The average Bonchev–Trinajstić information content (AvgIpc) is 3.18. The van der Waals surface area contributed by atoms with Crippen LogP contribution in [0.15, 0.2) is 12.4 Å². The van der Waals surface area contributed by atoms with Crippen LogP contribution in [0.1, 0.15) is 46.2 Å². The fourth-order valence-electron chi connectivity index (χ4n) is 1.94. The number of anilines is 1. The van der Waals surface area contributed by atoms with E-state index in [-0.39, 0.29) is 5.41 Å². The van der Waals surface area contributed by atoms with Crippen molar-refractivity contribution in [3.05, 3.63) is 18.1 Å². The lowest BCUT2D eigenvalue weighted by Gasteiger charge is -2.35. The molecule has 1 N–H and O–H groups in total. The molecule has 4 heteroatoms. The molecule has 1 aliphatic rings. The van der Waals surface area contributed by atoms with E-state index in [1.165, 1.54) is 12.8 Å². The molecule has 0 bridgehead atoms. The number of nitrogens with zero attached hydrogens (tertiary/aromatic N) is 3. The van der Waals surface area contributed by atoms with Crippen molar-refractivity contribution >= 4 is 5.82 Å². The molecule has 1 unspecified atom stereocenters. The molecule has 2 rings (SSSR count). The van der Waals surface area contributed by atoms with E-state index in [2.05, 4.69) is 54.9 Å². The van der Waals surface area contributed by atoms with Gasteiger partial charge in [-0.2, -0.15) is 0 Å². The predicted octanol–water partition coefficient (Wildman–Crippen LogP) is 2.60. The Hall–Kier alpha value is -1.16. The molecule has 1 aliphatic carbocycles. The first-order valence-electron chi connectivity index (χ1n) is 7.15. The van der Waals surface area contributed by atoms with E-state index < -0.39 is 0 Å². The molecule has 4 nitrogen and oxygen atoms in total. The lowest BCUT2D eigenvalue weighted by molar-refractivity contribution is 0.328. The maximum absolute atomic E-state index is 4.53. The van der Waals surface area contributed by atoms with Gasteiger partial charge in [-0.05, 0) is 25.2 Å². The highest BCUT2D eigenvalue weighted by Crippen LogP contribution is 2.25. The van der Waals surface area contributed by atoms with E-state index in [1.807, 2.05) is 12.4 Å². The van der Waals surface area contributed by atoms with Gasteiger partial charge in [-0.3, -0.25) is 4.98 Å². The van der Waals surface area contributed by atoms with Crippen LogP contribution in [0.2, 0.25) is 0 Å². The first kappa shape index (κ1) is 14.3. The molecule has 1 heterocycles. The SMILES string of the molecule is CC(N(C)c1cnc(CNC2CC2)cn1)C(C)(C)C. The van der Waals surface area contributed by atoms with Gasteiger partial charge in [0.25, 0.3) is 0 Å². The molecule has 0 saturated heterocycles. The molecule has 106 valence electrons. The molecule has 1 fully saturated rings. The Balaban J connectivity index is 1.96. The Labute approximate surface area is 116 Å². The van der Waals surface area contributed by atoms with E-state index in [0.29, 0.717) is 12.1 Å². The number of nitrogens with one attached hydrogen (secondary N) is 1. The molecule has 19 heavy (non-hydrogen) atoms. The zero-order valence-electron chi connectivity index (χ0n) is 12.8. The Kier molecular flexibility index (Phi) is 4.09. The van der Waals surface area contributed by atoms with Crippen LogP contribution in [0.5, 0.6) is 0 Å². The zero-order valence-corrected chi connectivity index (χ0v) is 12.8. The van der Waals surface area contributed by atoms with E-state index in [0.717, 1.165) is 18.1 Å². The molecule has 0 amide bonds. The number of hydrogen-bond donors (Lipinski definition) is 1. The van der Waals surface area contributed by atoms with Crippen LogP contribution in [0, 0.1) is 5.41 Å². The third-order valence-corrected chi connectivity index (χ3v) is 4.04. The van der Waals surface area contributed by atoms with Crippen molar-refractivity contribution in [2.75, 3.05) is 11.9 Å². The van der Waals surface area contributed by atoms with Gasteiger partial charge in [0.15, 0.2) is 0 Å². The quantitative estimate of drug-likeness (QED) is 0.885. The van der Waals surface area contributed by atoms with Crippen molar-refractivity contribution in [2.45, 2.75) is 59.2 Å². The Morgan fingerprint density at radius 2 is 2.00 bits per heavy atom. The number of hydrogen-bond acceptors (Lipinski definition) is 4. The summed E-state index contributed by atoms with van der Waals surface area (Å²) in [6.07, 6.45) is 6.37. The van der Waals surface area contributed by atoms with Gasteiger partial charge in [-0.1, -0.05) is 20.8 Å². The first-order chi connectivity index (χ1) is 8.88. The van der Waals surface area contributed by atoms with Crippen LogP contribution < -0.4 is 10.2 Å². The Bertz CT molecular complexity index is 403. The molecular formula is C15H26N4. The van der Waals surface area contributed by atoms with Crippen molar-refractivity contribution in [1.29, 1.82) is 0 Å². The minimum atomic E-state index is 0.225. The summed E-state index contributed by atoms with van der Waals surface area (Å²) in [6, 6.07) is 1.13. The molecular weight excluding hydrogens is 236 g/mol. The maximum Gasteiger partial charge on any atom is 0.147 e. The van der Waals surface area contributed by atoms with Gasteiger partial charge in [0, 0.05) is 25.7 Å². The van der Waals surface area contributed by atoms with Crippen molar-refractivity contribution in [3.8, 4) is 0 Å². The van der Waals surface area contributed by atoms with Crippen LogP contribution in [-0.4, -0.2) is 29.1 Å². The highest BCUT2D eigenvalue weighted by Gasteiger charge is 2.25. The minimum absolute atomic E-state index is 0.225. The van der Waals surface area contributed by atoms with Crippen molar-refractivity contribution < 1.29 is 0 Å². The van der Waals surface area contributed by atoms with Crippen LogP contribution in [0.4, 0.5) is 5.82 Å². The normalized spacial score (nSPS) is 17.3. The molecule has 1 saturated carbocycles. The molecule has 1 aromatic rings. The predicted molar refractivity (Wildman–Crippen MR) is 79.2 cm³/mol. The lowest BCUT2D eigenvalue weighted by atomic mass is 9.87. The van der Waals surface area contributed by atoms with Gasteiger partial charge in [-0.25, -0.2) is 4.98 Å². The number of aromatic nitrogens is 2. The first-order valence-corrected chi connectivity index (χ1v) is 7.15. The fraction of sp³-hybridized carbons (Fsp3) is 0.733. The Morgan fingerprint density at radius 3 is 2.47 bits per heavy atom. The minimum Gasteiger partial charge on any atom is -0.355 e. The van der Waals surface area contributed by atoms with E-state index >= 15 is 0 Å². The second-order valence-electron chi connectivity index (χ2n) is 6.67. The van der Waals surface area contributed by atoms with Crippen LogP contribution in [-0.2, 0) is 6.54 Å². The zero-order chi connectivity index (χ0) is 14.0. The van der Waals surface area contributed by atoms with Crippen molar-refractivity contribution in [1.82, 2.24) is 15.3 Å². The third-order valence-electron chi connectivity index (χ3n) is 4.04. The molecule has 1 atom stereocenters. The summed E-state index contributed by atoms with van der Waals surface area (Å²) < 4.78 is 0. The van der Waals surface area contributed by atoms with E-state index in [4.69, 9.17) is 0 Å². The van der Waals surface area contributed by atoms with Gasteiger partial charge >= 0.3 is 0 Å². The largest absolute Gasteiger partial charge is 0.355 e. The standard InChI is InChI=1S/C15H26N4/c1-11(15(2,3)4)19(5)14-10-17-13(9-18-14)8-16-12-6-7-12/h9-12,16H,6-8H2,1-5H3. The van der Waals surface area contributed by atoms with Crippen LogP contribution >= 0.6 is 0 Å². The van der Waals surface area contributed by atoms with Gasteiger partial charge in [0.1, 0.15) is 5.82 Å². The molecule has 0 aliphatic heterocycles. The average molecular weight is 262 g/mol.